The number of hydrogen-bond acceptors (Lipinski definition) is 6. The first-order valence-corrected chi connectivity index (χ1v) is 8.67. The number of fused-ring (bicyclic) bond motifs is 1. The van der Waals surface area contributed by atoms with Crippen LogP contribution >= 0.6 is 23.1 Å². The van der Waals surface area contributed by atoms with Gasteiger partial charge in [-0.25, -0.2) is 9.97 Å². The van der Waals surface area contributed by atoms with Crippen molar-refractivity contribution in [2.45, 2.75) is 18.9 Å². The monoisotopic (exact) mass is 346 g/mol. The summed E-state index contributed by atoms with van der Waals surface area (Å²) >= 11 is 2.96. The van der Waals surface area contributed by atoms with Crippen molar-refractivity contribution in [2.75, 3.05) is 11.1 Å². The normalized spacial score (nSPS) is 10.9. The zero-order valence-electron chi connectivity index (χ0n) is 12.5. The van der Waals surface area contributed by atoms with E-state index in [0.717, 1.165) is 20.8 Å². The first kappa shape index (κ1) is 15.7. The number of pyridine rings is 1. The molecule has 0 atom stereocenters. The van der Waals surface area contributed by atoms with E-state index in [9.17, 15) is 9.59 Å². The molecule has 3 aromatic rings. The molecular formula is C15H14N4O2S2. The summed E-state index contributed by atoms with van der Waals surface area (Å²) in [5.74, 6) is -0.0718. The number of nitrogens with zero attached hydrogens (tertiary/aromatic N) is 2. The Morgan fingerprint density at radius 3 is 3.00 bits per heavy atom. The second-order valence-electron chi connectivity index (χ2n) is 4.90. The van der Waals surface area contributed by atoms with Crippen LogP contribution < -0.4 is 10.7 Å². The maximum absolute atomic E-state index is 12.0. The number of thiophene rings is 1. The molecule has 23 heavy (non-hydrogen) atoms. The summed E-state index contributed by atoms with van der Waals surface area (Å²) < 4.78 is 0. The van der Waals surface area contributed by atoms with Crippen LogP contribution in [-0.4, -0.2) is 26.6 Å². The Hall–Kier alpha value is -2.19. The van der Waals surface area contributed by atoms with Crippen LogP contribution in [0, 0.1) is 13.8 Å². The van der Waals surface area contributed by atoms with Gasteiger partial charge in [0.2, 0.25) is 11.3 Å². The van der Waals surface area contributed by atoms with Gasteiger partial charge in [0.15, 0.2) is 0 Å². The smallest absolute Gasteiger partial charge is 0.234 e. The summed E-state index contributed by atoms with van der Waals surface area (Å²) in [5, 5.41) is 4.40. The summed E-state index contributed by atoms with van der Waals surface area (Å²) in [5.41, 5.74) is 1.16. The van der Waals surface area contributed by atoms with Crippen molar-refractivity contribution in [3.8, 4) is 0 Å². The van der Waals surface area contributed by atoms with Crippen molar-refractivity contribution >= 4 is 44.9 Å². The zero-order chi connectivity index (χ0) is 16.4. The van der Waals surface area contributed by atoms with Gasteiger partial charge < -0.3 is 10.3 Å². The molecule has 118 valence electrons. The van der Waals surface area contributed by atoms with E-state index in [1.54, 1.807) is 11.3 Å². The van der Waals surface area contributed by atoms with E-state index < -0.39 is 0 Å². The lowest BCUT2D eigenvalue weighted by atomic mass is 10.2. The molecule has 3 heterocycles. The molecule has 0 unspecified atom stereocenters. The fourth-order valence-electron chi connectivity index (χ4n) is 2.09. The van der Waals surface area contributed by atoms with Gasteiger partial charge in [-0.3, -0.25) is 9.59 Å². The minimum absolute atomic E-state index is 0.175. The first-order valence-electron chi connectivity index (χ1n) is 6.86. The summed E-state index contributed by atoms with van der Waals surface area (Å²) in [7, 11) is 0. The third-order valence-corrected chi connectivity index (χ3v) is 5.47. The van der Waals surface area contributed by atoms with Crippen LogP contribution in [0.2, 0.25) is 0 Å². The molecule has 0 saturated heterocycles. The minimum Gasteiger partial charge on any atom is -0.366 e. The van der Waals surface area contributed by atoms with Crippen molar-refractivity contribution in [1.29, 1.82) is 0 Å². The van der Waals surface area contributed by atoms with Gasteiger partial charge in [0.1, 0.15) is 21.9 Å². The van der Waals surface area contributed by atoms with Gasteiger partial charge in [-0.1, -0.05) is 11.8 Å². The highest BCUT2D eigenvalue weighted by atomic mass is 32.2. The number of amides is 1. The van der Waals surface area contributed by atoms with Gasteiger partial charge in [-0.2, -0.15) is 0 Å². The van der Waals surface area contributed by atoms with Gasteiger partial charge in [0, 0.05) is 28.7 Å². The standard InChI is InChI=1S/C15H14N4O2S2/c1-8-9(2)23-15-13(8)14(17-7-18-15)22-6-12(21)19-10-5-16-4-3-11(10)20/h3-5,7H,6H2,1-2H3,(H,16,20)(H,19,21). The summed E-state index contributed by atoms with van der Waals surface area (Å²) in [6.07, 6.45) is 4.51. The highest BCUT2D eigenvalue weighted by Crippen LogP contribution is 2.34. The van der Waals surface area contributed by atoms with E-state index in [1.807, 2.05) is 13.8 Å². The van der Waals surface area contributed by atoms with Gasteiger partial charge >= 0.3 is 0 Å². The van der Waals surface area contributed by atoms with E-state index >= 15 is 0 Å². The van der Waals surface area contributed by atoms with Crippen molar-refractivity contribution in [3.63, 3.8) is 0 Å². The second-order valence-corrected chi connectivity index (χ2v) is 7.07. The number of carbonyl (C=O) groups excluding carboxylic acids is 1. The summed E-state index contributed by atoms with van der Waals surface area (Å²) in [6.45, 7) is 4.08. The Kier molecular flexibility index (Phi) is 4.44. The lowest BCUT2D eigenvalue weighted by molar-refractivity contribution is -0.113. The number of H-pyrrole nitrogens is 1. The predicted molar refractivity (Wildman–Crippen MR) is 93.3 cm³/mol. The van der Waals surface area contributed by atoms with Crippen molar-refractivity contribution in [1.82, 2.24) is 15.0 Å². The van der Waals surface area contributed by atoms with Crippen LogP contribution in [0.1, 0.15) is 10.4 Å². The summed E-state index contributed by atoms with van der Waals surface area (Å²) in [6, 6.07) is 1.37. The van der Waals surface area contributed by atoms with E-state index in [0.29, 0.717) is 0 Å². The Bertz CT molecular complexity index is 933. The first-order chi connectivity index (χ1) is 11.1. The number of nitrogens with one attached hydrogen (secondary N) is 2. The summed E-state index contributed by atoms with van der Waals surface area (Å²) in [4.78, 5) is 37.1. The van der Waals surface area contributed by atoms with Gasteiger partial charge in [-0.15, -0.1) is 11.3 Å². The van der Waals surface area contributed by atoms with Crippen LogP contribution in [0.5, 0.6) is 0 Å². The SMILES string of the molecule is Cc1sc2ncnc(SCC(=O)Nc3c[nH]ccc3=O)c2c1C. The average Bonchev–Trinajstić information content (AvgIpc) is 2.83. The molecule has 0 radical (unpaired) electrons. The third kappa shape index (κ3) is 3.27. The fourth-order valence-corrected chi connectivity index (χ4v) is 4.01. The largest absolute Gasteiger partial charge is 0.366 e. The number of aromatic nitrogens is 3. The molecule has 3 aromatic heterocycles. The molecule has 0 spiro atoms. The fraction of sp³-hybridized carbons (Fsp3) is 0.200. The number of anilines is 1. The van der Waals surface area contributed by atoms with Gasteiger partial charge in [0.25, 0.3) is 0 Å². The van der Waals surface area contributed by atoms with Crippen LogP contribution in [0.25, 0.3) is 10.2 Å². The number of thioether (sulfide) groups is 1. The van der Waals surface area contributed by atoms with Crippen molar-refractivity contribution in [3.05, 3.63) is 45.5 Å². The molecule has 0 aromatic carbocycles. The molecule has 6 nitrogen and oxygen atoms in total. The Labute approximate surface area is 140 Å². The molecule has 3 rings (SSSR count). The number of aromatic amines is 1. The lowest BCUT2D eigenvalue weighted by Crippen LogP contribution is -2.19. The van der Waals surface area contributed by atoms with Crippen LogP contribution in [-0.2, 0) is 4.79 Å². The van der Waals surface area contributed by atoms with E-state index in [4.69, 9.17) is 0 Å². The van der Waals surface area contributed by atoms with Gasteiger partial charge in [0.05, 0.1) is 5.75 Å². The minimum atomic E-state index is -0.247. The quantitative estimate of drug-likeness (QED) is 0.560. The number of carbonyl (C=O) groups is 1. The molecule has 0 fully saturated rings. The second kappa shape index (κ2) is 6.51. The van der Waals surface area contributed by atoms with E-state index in [1.165, 1.54) is 41.4 Å². The predicted octanol–water partition coefficient (Wildman–Crippen LogP) is 2.73. The maximum atomic E-state index is 12.0. The Morgan fingerprint density at radius 2 is 2.22 bits per heavy atom. The molecule has 2 N–H and O–H groups in total. The van der Waals surface area contributed by atoms with E-state index in [2.05, 4.69) is 20.3 Å². The topological polar surface area (TPSA) is 87.7 Å². The maximum Gasteiger partial charge on any atom is 0.234 e. The third-order valence-electron chi connectivity index (χ3n) is 3.37. The average molecular weight is 346 g/mol. The molecule has 0 aliphatic carbocycles. The van der Waals surface area contributed by atoms with Crippen LogP contribution in [0.15, 0.2) is 34.6 Å². The van der Waals surface area contributed by atoms with Crippen molar-refractivity contribution in [2.24, 2.45) is 0 Å². The highest BCUT2D eigenvalue weighted by molar-refractivity contribution is 8.00. The molecule has 1 amide bonds. The van der Waals surface area contributed by atoms with E-state index in [-0.39, 0.29) is 22.8 Å². The molecule has 0 bridgehead atoms. The van der Waals surface area contributed by atoms with Crippen LogP contribution in [0.4, 0.5) is 5.69 Å². The highest BCUT2D eigenvalue weighted by Gasteiger charge is 2.14. The molecule has 0 aliphatic rings. The number of aryl methyl sites for hydroxylation is 2. The van der Waals surface area contributed by atoms with Crippen LogP contribution in [0.3, 0.4) is 0 Å². The van der Waals surface area contributed by atoms with Crippen molar-refractivity contribution < 1.29 is 4.79 Å². The molecule has 0 saturated carbocycles. The molecule has 8 heteroatoms. The molecular weight excluding hydrogens is 332 g/mol. The molecule has 0 aliphatic heterocycles. The Morgan fingerprint density at radius 1 is 1.39 bits per heavy atom. The number of rotatable bonds is 4. The zero-order valence-corrected chi connectivity index (χ0v) is 14.2. The Balaban J connectivity index is 1.75. The van der Waals surface area contributed by atoms with Gasteiger partial charge in [-0.05, 0) is 19.4 Å². The number of hydrogen-bond donors (Lipinski definition) is 2. The lowest BCUT2D eigenvalue weighted by Gasteiger charge is -2.05.